The minimum absolute atomic E-state index is 0.244. The van der Waals surface area contributed by atoms with E-state index in [1.165, 1.54) is 0 Å². The average molecular weight is 300 g/mol. The van der Waals surface area contributed by atoms with Crippen LogP contribution in [0.5, 0.6) is 5.75 Å². The SMILES string of the molecule is FC(F)Oc1ccccc1CNCCCN1CCOCC1. The monoisotopic (exact) mass is 300 g/mol. The van der Waals surface area contributed by atoms with Crippen LogP contribution in [0.2, 0.25) is 0 Å². The molecule has 1 fully saturated rings. The fraction of sp³-hybridized carbons (Fsp3) is 0.600. The Bertz CT molecular complexity index is 412. The van der Waals surface area contributed by atoms with Crippen molar-refractivity contribution in [2.24, 2.45) is 0 Å². The molecule has 0 atom stereocenters. The number of para-hydroxylation sites is 1. The van der Waals surface area contributed by atoms with Crippen molar-refractivity contribution >= 4 is 0 Å². The van der Waals surface area contributed by atoms with Crippen molar-refractivity contribution in [2.75, 3.05) is 39.4 Å². The molecule has 118 valence electrons. The minimum Gasteiger partial charge on any atom is -0.434 e. The van der Waals surface area contributed by atoms with Gasteiger partial charge in [-0.05, 0) is 25.6 Å². The first kappa shape index (κ1) is 16.1. The van der Waals surface area contributed by atoms with Gasteiger partial charge in [0.15, 0.2) is 0 Å². The standard InChI is InChI=1S/C15H22F2N2O2/c16-15(17)21-14-5-2-1-4-13(14)12-18-6-3-7-19-8-10-20-11-9-19/h1-2,4-5,15,18H,3,6-12H2. The summed E-state index contributed by atoms with van der Waals surface area (Å²) < 4.78 is 34.4. The highest BCUT2D eigenvalue weighted by Gasteiger charge is 2.10. The molecule has 0 unspecified atom stereocenters. The predicted molar refractivity (Wildman–Crippen MR) is 76.7 cm³/mol. The van der Waals surface area contributed by atoms with E-state index in [4.69, 9.17) is 4.74 Å². The summed E-state index contributed by atoms with van der Waals surface area (Å²) >= 11 is 0. The molecule has 0 aliphatic carbocycles. The third-order valence-corrected chi connectivity index (χ3v) is 3.44. The quantitative estimate of drug-likeness (QED) is 0.746. The Morgan fingerprint density at radius 2 is 2.00 bits per heavy atom. The van der Waals surface area contributed by atoms with E-state index in [0.29, 0.717) is 6.54 Å². The van der Waals surface area contributed by atoms with E-state index in [9.17, 15) is 8.78 Å². The summed E-state index contributed by atoms with van der Waals surface area (Å²) in [5.41, 5.74) is 0.754. The molecule has 1 aliphatic heterocycles. The molecule has 4 nitrogen and oxygen atoms in total. The highest BCUT2D eigenvalue weighted by molar-refractivity contribution is 5.33. The second-order valence-corrected chi connectivity index (χ2v) is 4.97. The van der Waals surface area contributed by atoms with Crippen molar-refractivity contribution in [3.63, 3.8) is 0 Å². The van der Waals surface area contributed by atoms with Gasteiger partial charge in [0.2, 0.25) is 0 Å². The van der Waals surface area contributed by atoms with Gasteiger partial charge in [0.05, 0.1) is 13.2 Å². The Morgan fingerprint density at radius 3 is 2.76 bits per heavy atom. The first-order valence-electron chi connectivity index (χ1n) is 7.29. The van der Waals surface area contributed by atoms with Crippen molar-refractivity contribution in [1.82, 2.24) is 10.2 Å². The number of nitrogens with one attached hydrogen (secondary N) is 1. The number of hydrogen-bond donors (Lipinski definition) is 1. The number of alkyl halides is 2. The van der Waals surface area contributed by atoms with Gasteiger partial charge in [0.25, 0.3) is 0 Å². The number of hydrogen-bond acceptors (Lipinski definition) is 4. The van der Waals surface area contributed by atoms with Crippen LogP contribution < -0.4 is 10.1 Å². The van der Waals surface area contributed by atoms with Crippen LogP contribution in [0.15, 0.2) is 24.3 Å². The van der Waals surface area contributed by atoms with Crippen LogP contribution in [0, 0.1) is 0 Å². The fourth-order valence-electron chi connectivity index (χ4n) is 2.34. The summed E-state index contributed by atoms with van der Waals surface area (Å²) in [5, 5.41) is 3.27. The Hall–Kier alpha value is -1.24. The average Bonchev–Trinajstić information content (AvgIpc) is 2.49. The van der Waals surface area contributed by atoms with E-state index in [-0.39, 0.29) is 5.75 Å². The van der Waals surface area contributed by atoms with Crippen LogP contribution in [0.3, 0.4) is 0 Å². The van der Waals surface area contributed by atoms with E-state index < -0.39 is 6.61 Å². The minimum atomic E-state index is -2.78. The topological polar surface area (TPSA) is 33.7 Å². The molecule has 0 bridgehead atoms. The van der Waals surface area contributed by atoms with Crippen molar-refractivity contribution in [3.8, 4) is 5.75 Å². The molecule has 0 amide bonds. The van der Waals surface area contributed by atoms with Crippen molar-refractivity contribution < 1.29 is 18.3 Å². The van der Waals surface area contributed by atoms with Gasteiger partial charge in [0, 0.05) is 25.2 Å². The molecule has 2 rings (SSSR count). The molecule has 1 aliphatic rings. The van der Waals surface area contributed by atoms with Crippen LogP contribution in [-0.2, 0) is 11.3 Å². The van der Waals surface area contributed by atoms with Gasteiger partial charge in [-0.25, -0.2) is 0 Å². The van der Waals surface area contributed by atoms with Gasteiger partial charge in [-0.3, -0.25) is 4.90 Å². The van der Waals surface area contributed by atoms with Crippen LogP contribution >= 0.6 is 0 Å². The summed E-state index contributed by atoms with van der Waals surface area (Å²) in [7, 11) is 0. The number of morpholine rings is 1. The predicted octanol–water partition coefficient (Wildman–Crippen LogP) is 2.10. The molecule has 0 spiro atoms. The second-order valence-electron chi connectivity index (χ2n) is 4.97. The lowest BCUT2D eigenvalue weighted by Crippen LogP contribution is -2.37. The first-order valence-corrected chi connectivity index (χ1v) is 7.29. The smallest absolute Gasteiger partial charge is 0.387 e. The van der Waals surface area contributed by atoms with E-state index >= 15 is 0 Å². The van der Waals surface area contributed by atoms with E-state index in [0.717, 1.165) is 51.4 Å². The Morgan fingerprint density at radius 1 is 1.24 bits per heavy atom. The third-order valence-electron chi connectivity index (χ3n) is 3.44. The van der Waals surface area contributed by atoms with Crippen LogP contribution in [0.4, 0.5) is 8.78 Å². The van der Waals surface area contributed by atoms with Gasteiger partial charge in [0.1, 0.15) is 5.75 Å². The number of rotatable bonds is 8. The molecule has 0 saturated carbocycles. The fourth-order valence-corrected chi connectivity index (χ4v) is 2.34. The van der Waals surface area contributed by atoms with Crippen LogP contribution in [0.1, 0.15) is 12.0 Å². The second kappa shape index (κ2) is 8.92. The van der Waals surface area contributed by atoms with Crippen molar-refractivity contribution in [3.05, 3.63) is 29.8 Å². The molecule has 0 aromatic heterocycles. The molecule has 21 heavy (non-hydrogen) atoms. The Balaban J connectivity index is 1.66. The number of halogens is 2. The van der Waals surface area contributed by atoms with Gasteiger partial charge in [-0.1, -0.05) is 18.2 Å². The Labute approximate surface area is 124 Å². The number of ether oxygens (including phenoxy) is 2. The van der Waals surface area contributed by atoms with E-state index in [1.807, 2.05) is 6.07 Å². The van der Waals surface area contributed by atoms with Crippen molar-refractivity contribution in [1.29, 1.82) is 0 Å². The highest BCUT2D eigenvalue weighted by atomic mass is 19.3. The van der Waals surface area contributed by atoms with Crippen molar-refractivity contribution in [2.45, 2.75) is 19.6 Å². The van der Waals surface area contributed by atoms with Gasteiger partial charge < -0.3 is 14.8 Å². The number of nitrogens with zero attached hydrogens (tertiary/aromatic N) is 1. The summed E-state index contributed by atoms with van der Waals surface area (Å²) in [5.74, 6) is 0.244. The molecular weight excluding hydrogens is 278 g/mol. The molecular formula is C15H22F2N2O2. The number of benzene rings is 1. The highest BCUT2D eigenvalue weighted by Crippen LogP contribution is 2.19. The lowest BCUT2D eigenvalue weighted by molar-refractivity contribution is -0.0504. The largest absolute Gasteiger partial charge is 0.434 e. The van der Waals surface area contributed by atoms with E-state index in [2.05, 4.69) is 15.0 Å². The Kier molecular flexibility index (Phi) is 6.85. The lowest BCUT2D eigenvalue weighted by atomic mass is 10.2. The lowest BCUT2D eigenvalue weighted by Gasteiger charge is -2.26. The normalized spacial score (nSPS) is 16.3. The molecule has 1 heterocycles. The van der Waals surface area contributed by atoms with Crippen LogP contribution in [0.25, 0.3) is 0 Å². The van der Waals surface area contributed by atoms with Gasteiger partial charge in [-0.15, -0.1) is 0 Å². The summed E-state index contributed by atoms with van der Waals surface area (Å²) in [6.07, 6.45) is 1.03. The maximum atomic E-state index is 12.3. The zero-order chi connectivity index (χ0) is 14.9. The maximum Gasteiger partial charge on any atom is 0.387 e. The summed E-state index contributed by atoms with van der Waals surface area (Å²) in [6.45, 7) is 3.23. The van der Waals surface area contributed by atoms with Crippen LogP contribution in [-0.4, -0.2) is 50.9 Å². The molecule has 6 heteroatoms. The molecule has 1 saturated heterocycles. The molecule has 1 aromatic rings. The molecule has 1 aromatic carbocycles. The maximum absolute atomic E-state index is 12.3. The zero-order valence-electron chi connectivity index (χ0n) is 12.1. The summed E-state index contributed by atoms with van der Waals surface area (Å²) in [6, 6.07) is 6.88. The molecule has 0 radical (unpaired) electrons. The summed E-state index contributed by atoms with van der Waals surface area (Å²) in [4.78, 5) is 2.37. The zero-order valence-corrected chi connectivity index (χ0v) is 12.1. The molecule has 1 N–H and O–H groups in total. The van der Waals surface area contributed by atoms with Gasteiger partial charge in [-0.2, -0.15) is 8.78 Å². The third kappa shape index (κ3) is 5.95. The van der Waals surface area contributed by atoms with E-state index in [1.54, 1.807) is 18.2 Å². The first-order chi connectivity index (χ1) is 10.3. The van der Waals surface area contributed by atoms with Gasteiger partial charge >= 0.3 is 6.61 Å².